The first-order chi connectivity index (χ1) is 6.91. The molecule has 0 aromatic carbocycles. The minimum Gasteiger partial charge on any atom is -0.414 e. The molecule has 0 aromatic heterocycles. The predicted molar refractivity (Wildman–Crippen MR) is 67.5 cm³/mol. The van der Waals surface area contributed by atoms with Crippen LogP contribution in [0.1, 0.15) is 45.4 Å². The van der Waals surface area contributed by atoms with Gasteiger partial charge >= 0.3 is 0 Å². The summed E-state index contributed by atoms with van der Waals surface area (Å²) < 4.78 is 6.40. The number of rotatable bonds is 2. The molecule has 0 amide bonds. The van der Waals surface area contributed by atoms with Crippen LogP contribution in [0, 0.1) is 11.3 Å². The smallest absolute Gasteiger partial charge is 0.184 e. The quantitative estimate of drug-likeness (QED) is 0.641. The van der Waals surface area contributed by atoms with Gasteiger partial charge in [0.2, 0.25) is 0 Å². The molecule has 88 valence electrons. The van der Waals surface area contributed by atoms with Crippen LogP contribution in [0.15, 0.2) is 0 Å². The molecule has 2 aliphatic rings. The van der Waals surface area contributed by atoms with Crippen LogP contribution in [0.5, 0.6) is 0 Å². The molecule has 0 radical (unpaired) electrons. The first-order valence-electron chi connectivity index (χ1n) is 6.59. The molecule has 0 spiro atoms. The zero-order valence-corrected chi connectivity index (χ0v) is 11.8. The van der Waals surface area contributed by atoms with E-state index in [1.807, 2.05) is 0 Å². The van der Waals surface area contributed by atoms with Crippen molar-refractivity contribution in [2.45, 2.75) is 71.2 Å². The Hall–Kier alpha value is 0.177. The maximum atomic E-state index is 6.40. The highest BCUT2D eigenvalue weighted by Crippen LogP contribution is 2.53. The standard InChI is InChI=1S/C13H26OSi/c1-13-9-5-7-11(13)12(8-6-10-13)14-15(2,3)4/h11-12H,5-10H2,1-4H3/t11?,12-,13?/m1/s1. The van der Waals surface area contributed by atoms with Crippen LogP contribution >= 0.6 is 0 Å². The van der Waals surface area contributed by atoms with Crippen molar-refractivity contribution in [1.82, 2.24) is 0 Å². The average molecular weight is 226 g/mol. The second kappa shape index (κ2) is 3.88. The van der Waals surface area contributed by atoms with Gasteiger partial charge in [-0.2, -0.15) is 0 Å². The van der Waals surface area contributed by atoms with E-state index in [4.69, 9.17) is 4.43 Å². The number of fused-ring (bicyclic) bond motifs is 1. The minimum atomic E-state index is -1.34. The molecule has 0 aromatic rings. The molecule has 0 bridgehead atoms. The van der Waals surface area contributed by atoms with Gasteiger partial charge in [-0.3, -0.25) is 0 Å². The van der Waals surface area contributed by atoms with E-state index in [9.17, 15) is 0 Å². The largest absolute Gasteiger partial charge is 0.414 e. The van der Waals surface area contributed by atoms with Crippen molar-refractivity contribution in [2.75, 3.05) is 0 Å². The average Bonchev–Trinajstić information content (AvgIpc) is 2.44. The monoisotopic (exact) mass is 226 g/mol. The third kappa shape index (κ3) is 2.47. The number of hydrogen-bond donors (Lipinski definition) is 0. The molecule has 0 saturated heterocycles. The Morgan fingerprint density at radius 2 is 1.67 bits per heavy atom. The third-order valence-electron chi connectivity index (χ3n) is 4.35. The maximum Gasteiger partial charge on any atom is 0.184 e. The van der Waals surface area contributed by atoms with Gasteiger partial charge in [0.1, 0.15) is 0 Å². The molecule has 0 aliphatic heterocycles. The van der Waals surface area contributed by atoms with Crippen LogP contribution < -0.4 is 0 Å². The van der Waals surface area contributed by atoms with E-state index in [-0.39, 0.29) is 0 Å². The zero-order valence-electron chi connectivity index (χ0n) is 10.8. The first kappa shape index (κ1) is 11.7. The van der Waals surface area contributed by atoms with Crippen molar-refractivity contribution in [3.8, 4) is 0 Å². The second-order valence-corrected chi connectivity index (χ2v) is 11.3. The van der Waals surface area contributed by atoms with E-state index in [2.05, 4.69) is 26.6 Å². The van der Waals surface area contributed by atoms with Crippen LogP contribution in [0.4, 0.5) is 0 Å². The molecular formula is C13H26OSi. The lowest BCUT2D eigenvalue weighted by molar-refractivity contribution is 0.0139. The zero-order chi connectivity index (χ0) is 11.1. The van der Waals surface area contributed by atoms with Gasteiger partial charge in [-0.25, -0.2) is 0 Å². The SMILES string of the molecule is CC12CCCC1[C@H](O[Si](C)(C)C)CCC2. The van der Waals surface area contributed by atoms with E-state index in [1.54, 1.807) is 0 Å². The topological polar surface area (TPSA) is 9.23 Å². The van der Waals surface area contributed by atoms with Crippen LogP contribution in [0.25, 0.3) is 0 Å². The Morgan fingerprint density at radius 1 is 1.07 bits per heavy atom. The summed E-state index contributed by atoms with van der Waals surface area (Å²) in [5.41, 5.74) is 0.628. The Kier molecular flexibility index (Phi) is 3.02. The van der Waals surface area contributed by atoms with E-state index in [0.717, 1.165) is 5.92 Å². The molecule has 0 heterocycles. The minimum absolute atomic E-state index is 0.595. The van der Waals surface area contributed by atoms with Crippen LogP contribution in [0.2, 0.25) is 19.6 Å². The summed E-state index contributed by atoms with van der Waals surface area (Å²) in [6, 6.07) is 0. The normalized spacial score (nSPS) is 41.6. The van der Waals surface area contributed by atoms with Gasteiger partial charge in [-0.15, -0.1) is 0 Å². The predicted octanol–water partition coefficient (Wildman–Crippen LogP) is 4.20. The molecule has 2 heteroatoms. The fourth-order valence-electron chi connectivity index (χ4n) is 3.71. The highest BCUT2D eigenvalue weighted by molar-refractivity contribution is 6.69. The van der Waals surface area contributed by atoms with E-state index >= 15 is 0 Å². The van der Waals surface area contributed by atoms with Gasteiger partial charge in [0, 0.05) is 6.10 Å². The first-order valence-corrected chi connectivity index (χ1v) is 9.99. The van der Waals surface area contributed by atoms with Crippen molar-refractivity contribution in [3.63, 3.8) is 0 Å². The maximum absolute atomic E-state index is 6.40. The van der Waals surface area contributed by atoms with Crippen LogP contribution in [-0.4, -0.2) is 14.4 Å². The van der Waals surface area contributed by atoms with Gasteiger partial charge in [0.25, 0.3) is 0 Å². The van der Waals surface area contributed by atoms with E-state index in [1.165, 1.54) is 38.5 Å². The Bertz CT molecular complexity index is 233. The van der Waals surface area contributed by atoms with Crippen LogP contribution in [-0.2, 0) is 4.43 Å². The Labute approximate surface area is 95.7 Å². The molecular weight excluding hydrogens is 200 g/mol. The molecule has 3 atom stereocenters. The summed E-state index contributed by atoms with van der Waals surface area (Å²) in [5, 5.41) is 0. The lowest BCUT2D eigenvalue weighted by Gasteiger charge is -2.44. The molecule has 0 N–H and O–H groups in total. The van der Waals surface area contributed by atoms with Crippen molar-refractivity contribution in [1.29, 1.82) is 0 Å². The third-order valence-corrected chi connectivity index (χ3v) is 5.36. The fraction of sp³-hybridized carbons (Fsp3) is 1.00. The summed E-state index contributed by atoms with van der Waals surface area (Å²) in [5.74, 6) is 0.873. The molecule has 2 rings (SSSR count). The molecule has 2 aliphatic carbocycles. The molecule has 2 saturated carbocycles. The van der Waals surface area contributed by atoms with Gasteiger partial charge in [0.15, 0.2) is 8.32 Å². The summed E-state index contributed by atoms with van der Waals surface area (Å²) in [6.07, 6.45) is 9.07. The lowest BCUT2D eigenvalue weighted by atomic mass is 9.68. The Morgan fingerprint density at radius 3 is 2.27 bits per heavy atom. The Balaban J connectivity index is 2.06. The number of hydrogen-bond acceptors (Lipinski definition) is 1. The molecule has 1 nitrogen and oxygen atoms in total. The van der Waals surface area contributed by atoms with Gasteiger partial charge in [-0.05, 0) is 56.7 Å². The van der Waals surface area contributed by atoms with Gasteiger partial charge < -0.3 is 4.43 Å². The lowest BCUT2D eigenvalue weighted by Crippen LogP contribution is -2.43. The molecule has 2 unspecified atom stereocenters. The summed E-state index contributed by atoms with van der Waals surface area (Å²) in [6.45, 7) is 9.49. The van der Waals surface area contributed by atoms with Crippen molar-refractivity contribution in [3.05, 3.63) is 0 Å². The highest BCUT2D eigenvalue weighted by Gasteiger charge is 2.46. The molecule has 15 heavy (non-hydrogen) atoms. The van der Waals surface area contributed by atoms with E-state index < -0.39 is 8.32 Å². The van der Waals surface area contributed by atoms with Gasteiger partial charge in [-0.1, -0.05) is 19.8 Å². The second-order valence-electron chi connectivity index (χ2n) is 6.81. The highest BCUT2D eigenvalue weighted by atomic mass is 28.4. The summed E-state index contributed by atoms with van der Waals surface area (Å²) >= 11 is 0. The van der Waals surface area contributed by atoms with Gasteiger partial charge in [0.05, 0.1) is 0 Å². The fourth-order valence-corrected chi connectivity index (χ4v) is 4.90. The van der Waals surface area contributed by atoms with E-state index in [0.29, 0.717) is 11.5 Å². The summed E-state index contributed by atoms with van der Waals surface area (Å²) in [4.78, 5) is 0. The van der Waals surface area contributed by atoms with Crippen LogP contribution in [0.3, 0.4) is 0 Å². The molecule has 2 fully saturated rings. The van der Waals surface area contributed by atoms with Crippen molar-refractivity contribution < 1.29 is 4.43 Å². The van der Waals surface area contributed by atoms with Crippen molar-refractivity contribution in [2.24, 2.45) is 11.3 Å². The van der Waals surface area contributed by atoms with Crippen molar-refractivity contribution >= 4 is 8.32 Å². The summed E-state index contributed by atoms with van der Waals surface area (Å²) in [7, 11) is -1.34.